The Bertz CT molecular complexity index is 909. The van der Waals surface area contributed by atoms with Crippen molar-refractivity contribution >= 4 is 11.6 Å². The summed E-state index contributed by atoms with van der Waals surface area (Å²) in [6, 6.07) is -0.570. The highest BCUT2D eigenvalue weighted by atomic mass is 16.6. The maximum atomic E-state index is 13.0. The highest BCUT2D eigenvalue weighted by Crippen LogP contribution is 2.25. The van der Waals surface area contributed by atoms with Gasteiger partial charge in [0, 0.05) is 51.0 Å². The van der Waals surface area contributed by atoms with E-state index in [9.17, 15) is 14.9 Å². The van der Waals surface area contributed by atoms with Gasteiger partial charge in [0.2, 0.25) is 5.91 Å². The Hall–Kier alpha value is -2.75. The standard InChI is InChI=1S/C19H29N7O3/c1-6-24-12-17(13(2)20-24)11-22-7-9-23(10-8-22)19(27)16(5)25-15(4)18(26(28)29)14(3)21-25/h12,16H,6-11H2,1-5H3. The molecule has 0 N–H and O–H groups in total. The first-order valence-electron chi connectivity index (χ1n) is 9.97. The van der Waals surface area contributed by atoms with E-state index in [0.717, 1.165) is 31.9 Å². The van der Waals surface area contributed by atoms with Gasteiger partial charge in [-0.2, -0.15) is 10.2 Å². The predicted molar refractivity (Wildman–Crippen MR) is 108 cm³/mol. The van der Waals surface area contributed by atoms with E-state index < -0.39 is 11.0 Å². The van der Waals surface area contributed by atoms with Crippen molar-refractivity contribution in [3.63, 3.8) is 0 Å². The number of carbonyl (C=O) groups excluding carboxylic acids is 1. The smallest absolute Gasteiger partial charge is 0.312 e. The van der Waals surface area contributed by atoms with Gasteiger partial charge in [-0.15, -0.1) is 0 Å². The number of amides is 1. The van der Waals surface area contributed by atoms with Crippen LogP contribution in [0.25, 0.3) is 0 Å². The first-order chi connectivity index (χ1) is 13.7. The van der Waals surface area contributed by atoms with Crippen LogP contribution in [0.4, 0.5) is 5.69 Å². The van der Waals surface area contributed by atoms with Crippen LogP contribution in [0, 0.1) is 30.9 Å². The minimum absolute atomic E-state index is 0.0162. The van der Waals surface area contributed by atoms with Crippen molar-refractivity contribution < 1.29 is 9.72 Å². The van der Waals surface area contributed by atoms with E-state index in [1.807, 2.05) is 16.5 Å². The lowest BCUT2D eigenvalue weighted by molar-refractivity contribution is -0.386. The Morgan fingerprint density at radius 2 is 1.83 bits per heavy atom. The van der Waals surface area contributed by atoms with Crippen molar-refractivity contribution in [3.8, 4) is 0 Å². The molecule has 158 valence electrons. The lowest BCUT2D eigenvalue weighted by Crippen LogP contribution is -2.50. The van der Waals surface area contributed by atoms with E-state index in [2.05, 4.69) is 28.2 Å². The third kappa shape index (κ3) is 4.16. The number of nitrogens with zero attached hydrogens (tertiary/aromatic N) is 7. The van der Waals surface area contributed by atoms with Crippen molar-refractivity contribution in [3.05, 3.63) is 39.0 Å². The summed E-state index contributed by atoms with van der Waals surface area (Å²) in [5.41, 5.74) is 2.99. The number of aryl methyl sites for hydroxylation is 3. The minimum atomic E-state index is -0.570. The number of hydrogen-bond acceptors (Lipinski definition) is 6. The molecule has 3 rings (SSSR count). The molecule has 29 heavy (non-hydrogen) atoms. The molecule has 1 fully saturated rings. The molecule has 0 spiro atoms. The lowest BCUT2D eigenvalue weighted by atomic mass is 10.2. The molecule has 1 aliphatic rings. The summed E-state index contributed by atoms with van der Waals surface area (Å²) < 4.78 is 3.42. The van der Waals surface area contributed by atoms with Crippen LogP contribution in [0.15, 0.2) is 6.20 Å². The molecule has 1 saturated heterocycles. The highest BCUT2D eigenvalue weighted by Gasteiger charge is 2.31. The topological polar surface area (TPSA) is 102 Å². The molecule has 0 radical (unpaired) electrons. The molecule has 3 heterocycles. The van der Waals surface area contributed by atoms with Crippen LogP contribution < -0.4 is 0 Å². The summed E-state index contributed by atoms with van der Waals surface area (Å²) in [7, 11) is 0. The van der Waals surface area contributed by atoms with Gasteiger partial charge in [0.1, 0.15) is 17.4 Å². The summed E-state index contributed by atoms with van der Waals surface area (Å²) in [4.78, 5) is 27.9. The summed E-state index contributed by atoms with van der Waals surface area (Å²) >= 11 is 0. The molecule has 0 bridgehead atoms. The molecule has 1 atom stereocenters. The average Bonchev–Trinajstić information content (AvgIpc) is 3.19. The van der Waals surface area contributed by atoms with Gasteiger partial charge in [0.05, 0.1) is 10.6 Å². The zero-order valence-corrected chi connectivity index (χ0v) is 17.8. The highest BCUT2D eigenvalue weighted by molar-refractivity contribution is 5.80. The van der Waals surface area contributed by atoms with Crippen molar-refractivity contribution in [2.45, 2.75) is 53.8 Å². The second-order valence-electron chi connectivity index (χ2n) is 7.59. The molecule has 1 unspecified atom stereocenters. The third-order valence-electron chi connectivity index (χ3n) is 5.64. The maximum Gasteiger partial charge on any atom is 0.312 e. The number of hydrogen-bond donors (Lipinski definition) is 0. The van der Waals surface area contributed by atoms with Gasteiger partial charge in [0.15, 0.2) is 0 Å². The van der Waals surface area contributed by atoms with Crippen molar-refractivity contribution in [2.24, 2.45) is 0 Å². The largest absolute Gasteiger partial charge is 0.338 e. The second kappa shape index (κ2) is 8.32. The zero-order valence-electron chi connectivity index (χ0n) is 17.8. The predicted octanol–water partition coefficient (Wildman–Crippen LogP) is 1.84. The minimum Gasteiger partial charge on any atom is -0.338 e. The summed E-state index contributed by atoms with van der Waals surface area (Å²) in [6.45, 7) is 13.6. The second-order valence-corrected chi connectivity index (χ2v) is 7.59. The van der Waals surface area contributed by atoms with Gasteiger partial charge in [-0.1, -0.05) is 0 Å². The summed E-state index contributed by atoms with van der Waals surface area (Å²) in [5, 5.41) is 20.0. The fourth-order valence-corrected chi connectivity index (χ4v) is 3.91. The normalized spacial score (nSPS) is 16.2. The van der Waals surface area contributed by atoms with Crippen molar-refractivity contribution in [1.29, 1.82) is 0 Å². The fourth-order valence-electron chi connectivity index (χ4n) is 3.91. The molecule has 0 aromatic carbocycles. The number of piperazine rings is 1. The Kier molecular flexibility index (Phi) is 6.02. The number of rotatable bonds is 6. The molecular weight excluding hydrogens is 374 g/mol. The quantitative estimate of drug-likeness (QED) is 0.539. The van der Waals surface area contributed by atoms with E-state index in [0.29, 0.717) is 24.5 Å². The first kappa shape index (κ1) is 21.0. The lowest BCUT2D eigenvalue weighted by Gasteiger charge is -2.36. The fraction of sp³-hybridized carbons (Fsp3) is 0.632. The van der Waals surface area contributed by atoms with Crippen LogP contribution in [-0.2, 0) is 17.9 Å². The Labute approximate surface area is 170 Å². The zero-order chi connectivity index (χ0) is 21.3. The van der Waals surface area contributed by atoms with Crippen LogP contribution in [0.5, 0.6) is 0 Å². The third-order valence-corrected chi connectivity index (χ3v) is 5.64. The molecule has 0 aliphatic carbocycles. The van der Waals surface area contributed by atoms with Crippen LogP contribution in [0.3, 0.4) is 0 Å². The molecule has 10 nitrogen and oxygen atoms in total. The van der Waals surface area contributed by atoms with E-state index in [1.165, 1.54) is 10.2 Å². The van der Waals surface area contributed by atoms with Gasteiger partial charge >= 0.3 is 5.69 Å². The molecule has 10 heteroatoms. The number of aromatic nitrogens is 4. The Morgan fingerprint density at radius 3 is 2.34 bits per heavy atom. The molecular formula is C19H29N7O3. The van der Waals surface area contributed by atoms with Crippen LogP contribution in [0.2, 0.25) is 0 Å². The van der Waals surface area contributed by atoms with Gasteiger partial charge in [-0.3, -0.25) is 29.2 Å². The SMILES string of the molecule is CCn1cc(CN2CCN(C(=O)C(C)n3nc(C)c([N+](=O)[O-])c3C)CC2)c(C)n1. The van der Waals surface area contributed by atoms with Crippen LogP contribution >= 0.6 is 0 Å². The van der Waals surface area contributed by atoms with Gasteiger partial charge in [-0.05, 0) is 34.6 Å². The van der Waals surface area contributed by atoms with Gasteiger partial charge in [-0.25, -0.2) is 0 Å². The monoisotopic (exact) mass is 403 g/mol. The molecule has 2 aromatic heterocycles. The molecule has 0 saturated carbocycles. The van der Waals surface area contributed by atoms with E-state index in [4.69, 9.17) is 0 Å². The van der Waals surface area contributed by atoms with Crippen LogP contribution in [-0.4, -0.2) is 66.4 Å². The maximum absolute atomic E-state index is 13.0. The Balaban J connectivity index is 1.62. The van der Waals surface area contributed by atoms with E-state index >= 15 is 0 Å². The number of nitro groups is 1. The summed E-state index contributed by atoms with van der Waals surface area (Å²) in [6.07, 6.45) is 2.09. The molecule has 1 aliphatic heterocycles. The van der Waals surface area contributed by atoms with Crippen molar-refractivity contribution in [2.75, 3.05) is 26.2 Å². The number of carbonyl (C=O) groups is 1. The van der Waals surface area contributed by atoms with E-state index in [-0.39, 0.29) is 11.6 Å². The molecule has 2 aromatic rings. The van der Waals surface area contributed by atoms with Crippen LogP contribution in [0.1, 0.15) is 42.5 Å². The van der Waals surface area contributed by atoms with E-state index in [1.54, 1.807) is 20.8 Å². The summed E-state index contributed by atoms with van der Waals surface area (Å²) in [5.74, 6) is -0.0554. The average molecular weight is 403 g/mol. The Morgan fingerprint density at radius 1 is 1.17 bits per heavy atom. The van der Waals surface area contributed by atoms with Crippen molar-refractivity contribution in [1.82, 2.24) is 29.4 Å². The molecule has 1 amide bonds. The van der Waals surface area contributed by atoms with Gasteiger partial charge in [0.25, 0.3) is 0 Å². The van der Waals surface area contributed by atoms with Gasteiger partial charge < -0.3 is 4.90 Å². The first-order valence-corrected chi connectivity index (χ1v) is 9.97.